The van der Waals surface area contributed by atoms with Gasteiger partial charge in [-0.25, -0.2) is 0 Å². The van der Waals surface area contributed by atoms with Crippen LogP contribution in [-0.2, 0) is 4.79 Å². The monoisotopic (exact) mass is 274 g/mol. The van der Waals surface area contributed by atoms with Crippen molar-refractivity contribution in [3.8, 4) is 0 Å². The summed E-state index contributed by atoms with van der Waals surface area (Å²) in [5, 5.41) is 0.726. The van der Waals surface area contributed by atoms with Crippen LogP contribution in [0.4, 0.5) is 0 Å². The van der Waals surface area contributed by atoms with Gasteiger partial charge in [-0.2, -0.15) is 0 Å². The molecule has 0 spiro atoms. The molecule has 1 aromatic carbocycles. The topological polar surface area (TPSA) is 63.4 Å². The summed E-state index contributed by atoms with van der Waals surface area (Å²) in [4.78, 5) is 24.0. The number of carbonyl (C=O) groups is 2. The molecule has 92 valence electrons. The van der Waals surface area contributed by atoms with Gasteiger partial charge in [-0.3, -0.25) is 14.5 Å². The SMILES string of the molecule is CN(CC(N)=O)CC(=O)c1ccc(Cl)c(Cl)c1. The van der Waals surface area contributed by atoms with Crippen molar-refractivity contribution in [2.45, 2.75) is 0 Å². The van der Waals surface area contributed by atoms with E-state index >= 15 is 0 Å². The standard InChI is InChI=1S/C11H12Cl2N2O2/c1-15(6-11(14)17)5-10(16)7-2-3-8(12)9(13)4-7/h2-4H,5-6H2,1H3,(H2,14,17). The third-order valence-electron chi connectivity index (χ3n) is 2.08. The summed E-state index contributed by atoms with van der Waals surface area (Å²) in [5.74, 6) is -0.623. The highest BCUT2D eigenvalue weighted by Crippen LogP contribution is 2.22. The fourth-order valence-corrected chi connectivity index (χ4v) is 1.63. The molecule has 1 aromatic rings. The summed E-state index contributed by atoms with van der Waals surface area (Å²) >= 11 is 11.6. The van der Waals surface area contributed by atoms with Gasteiger partial charge in [0.25, 0.3) is 0 Å². The van der Waals surface area contributed by atoms with Crippen LogP contribution in [-0.4, -0.2) is 36.7 Å². The molecule has 0 aromatic heterocycles. The molecule has 0 saturated carbocycles. The minimum absolute atomic E-state index is 0.0348. The fraction of sp³-hybridized carbons (Fsp3) is 0.273. The second kappa shape index (κ2) is 6.00. The molecule has 1 rings (SSSR count). The number of carbonyl (C=O) groups excluding carboxylic acids is 2. The van der Waals surface area contributed by atoms with Crippen molar-refractivity contribution in [2.24, 2.45) is 5.73 Å². The number of likely N-dealkylation sites (N-methyl/N-ethyl adjacent to an activating group) is 1. The van der Waals surface area contributed by atoms with Crippen LogP contribution in [0.5, 0.6) is 0 Å². The van der Waals surface area contributed by atoms with Gasteiger partial charge >= 0.3 is 0 Å². The molecule has 0 atom stereocenters. The van der Waals surface area contributed by atoms with E-state index in [0.29, 0.717) is 15.6 Å². The lowest BCUT2D eigenvalue weighted by atomic mass is 10.1. The van der Waals surface area contributed by atoms with E-state index in [4.69, 9.17) is 28.9 Å². The summed E-state index contributed by atoms with van der Waals surface area (Å²) < 4.78 is 0. The van der Waals surface area contributed by atoms with Crippen molar-refractivity contribution < 1.29 is 9.59 Å². The lowest BCUT2D eigenvalue weighted by molar-refractivity contribution is -0.118. The minimum Gasteiger partial charge on any atom is -0.369 e. The number of nitrogens with zero attached hydrogens (tertiary/aromatic N) is 1. The molecule has 0 unspecified atom stereocenters. The predicted molar refractivity (Wildman–Crippen MR) is 67.5 cm³/mol. The Bertz CT molecular complexity index is 449. The Balaban J connectivity index is 2.70. The fourth-order valence-electron chi connectivity index (χ4n) is 1.33. The molecular weight excluding hydrogens is 263 g/mol. The van der Waals surface area contributed by atoms with E-state index in [1.54, 1.807) is 19.2 Å². The average molecular weight is 275 g/mol. The van der Waals surface area contributed by atoms with Crippen molar-refractivity contribution in [1.82, 2.24) is 4.90 Å². The molecule has 17 heavy (non-hydrogen) atoms. The quantitative estimate of drug-likeness (QED) is 0.830. The van der Waals surface area contributed by atoms with Crippen molar-refractivity contribution in [1.29, 1.82) is 0 Å². The highest BCUT2D eigenvalue weighted by atomic mass is 35.5. The first kappa shape index (κ1) is 14.0. The van der Waals surface area contributed by atoms with Crippen LogP contribution in [0.1, 0.15) is 10.4 Å². The van der Waals surface area contributed by atoms with Gasteiger partial charge in [0.05, 0.1) is 23.1 Å². The summed E-state index contributed by atoms with van der Waals surface area (Å²) in [6.07, 6.45) is 0. The van der Waals surface area contributed by atoms with Crippen LogP contribution in [0.25, 0.3) is 0 Å². The van der Waals surface area contributed by atoms with E-state index in [1.165, 1.54) is 11.0 Å². The normalized spacial score (nSPS) is 10.6. The van der Waals surface area contributed by atoms with Gasteiger partial charge in [-0.05, 0) is 25.2 Å². The molecule has 6 heteroatoms. The van der Waals surface area contributed by atoms with Crippen LogP contribution in [0.2, 0.25) is 10.0 Å². The van der Waals surface area contributed by atoms with Crippen LogP contribution in [0.15, 0.2) is 18.2 Å². The molecule has 0 bridgehead atoms. The van der Waals surface area contributed by atoms with Gasteiger partial charge in [0, 0.05) is 5.56 Å². The zero-order valence-corrected chi connectivity index (χ0v) is 10.8. The van der Waals surface area contributed by atoms with Crippen molar-refractivity contribution >= 4 is 34.9 Å². The van der Waals surface area contributed by atoms with Crippen LogP contribution in [0, 0.1) is 0 Å². The Morgan fingerprint density at radius 2 is 1.88 bits per heavy atom. The minimum atomic E-state index is -0.477. The van der Waals surface area contributed by atoms with Gasteiger partial charge < -0.3 is 5.73 Å². The molecule has 1 amide bonds. The number of nitrogens with two attached hydrogens (primary N) is 1. The number of benzene rings is 1. The zero-order chi connectivity index (χ0) is 13.0. The third kappa shape index (κ3) is 4.34. The number of primary amides is 1. The Morgan fingerprint density at radius 1 is 1.24 bits per heavy atom. The number of ketones is 1. The third-order valence-corrected chi connectivity index (χ3v) is 2.82. The van der Waals surface area contributed by atoms with Crippen LogP contribution >= 0.6 is 23.2 Å². The number of rotatable bonds is 5. The van der Waals surface area contributed by atoms with Crippen molar-refractivity contribution in [3.05, 3.63) is 33.8 Å². The first-order chi connectivity index (χ1) is 7.90. The molecule has 0 saturated heterocycles. The summed E-state index contributed by atoms with van der Waals surface area (Å²) in [7, 11) is 1.64. The molecule has 0 aliphatic carbocycles. The average Bonchev–Trinajstić information content (AvgIpc) is 2.20. The maximum atomic E-state index is 11.8. The van der Waals surface area contributed by atoms with Gasteiger partial charge in [0.1, 0.15) is 0 Å². The van der Waals surface area contributed by atoms with E-state index in [0.717, 1.165) is 0 Å². The second-order valence-corrected chi connectivity index (χ2v) is 4.51. The van der Waals surface area contributed by atoms with E-state index in [9.17, 15) is 9.59 Å². The van der Waals surface area contributed by atoms with Crippen LogP contribution < -0.4 is 5.73 Å². The van der Waals surface area contributed by atoms with Crippen molar-refractivity contribution in [2.75, 3.05) is 20.1 Å². The highest BCUT2D eigenvalue weighted by molar-refractivity contribution is 6.42. The summed E-state index contributed by atoms with van der Waals surface area (Å²) in [6.45, 7) is 0.133. The maximum Gasteiger partial charge on any atom is 0.231 e. The largest absolute Gasteiger partial charge is 0.369 e. The summed E-state index contributed by atoms with van der Waals surface area (Å²) in [6, 6.07) is 4.66. The Morgan fingerprint density at radius 3 is 2.41 bits per heavy atom. The highest BCUT2D eigenvalue weighted by Gasteiger charge is 2.12. The lowest BCUT2D eigenvalue weighted by Crippen LogP contribution is -2.34. The molecule has 0 fully saturated rings. The Kier molecular flexibility index (Phi) is 4.93. The lowest BCUT2D eigenvalue weighted by Gasteiger charge is -2.13. The number of Topliss-reactive ketones (excluding diaryl/α,β-unsaturated/α-hetero) is 1. The molecule has 0 aliphatic heterocycles. The van der Waals surface area contributed by atoms with Gasteiger partial charge in [-0.15, -0.1) is 0 Å². The molecule has 4 nitrogen and oxygen atoms in total. The molecular formula is C11H12Cl2N2O2. The molecule has 0 aliphatic rings. The first-order valence-electron chi connectivity index (χ1n) is 4.85. The van der Waals surface area contributed by atoms with Gasteiger partial charge in [0.15, 0.2) is 5.78 Å². The van der Waals surface area contributed by atoms with Gasteiger partial charge in [0.2, 0.25) is 5.91 Å². The first-order valence-corrected chi connectivity index (χ1v) is 5.61. The molecule has 0 radical (unpaired) electrons. The maximum absolute atomic E-state index is 11.8. The van der Waals surface area contributed by atoms with Gasteiger partial charge in [-0.1, -0.05) is 23.2 Å². The van der Waals surface area contributed by atoms with E-state index in [2.05, 4.69) is 0 Å². The smallest absolute Gasteiger partial charge is 0.231 e. The van der Waals surface area contributed by atoms with E-state index < -0.39 is 5.91 Å². The number of hydrogen-bond donors (Lipinski definition) is 1. The van der Waals surface area contributed by atoms with Crippen LogP contribution in [0.3, 0.4) is 0 Å². The van der Waals surface area contributed by atoms with E-state index in [-0.39, 0.29) is 18.9 Å². The zero-order valence-electron chi connectivity index (χ0n) is 9.24. The Hall–Kier alpha value is -1.10. The number of halogens is 2. The number of amides is 1. The van der Waals surface area contributed by atoms with E-state index in [1.807, 2.05) is 0 Å². The second-order valence-electron chi connectivity index (χ2n) is 3.69. The van der Waals surface area contributed by atoms with Crippen molar-refractivity contribution in [3.63, 3.8) is 0 Å². The number of hydrogen-bond acceptors (Lipinski definition) is 3. The molecule has 0 heterocycles. The summed E-state index contributed by atoms with van der Waals surface area (Å²) in [5.41, 5.74) is 5.48. The Labute approximate surface area is 109 Å². The molecule has 2 N–H and O–H groups in total. The predicted octanol–water partition coefficient (Wildman–Crippen LogP) is 1.59.